The Balaban J connectivity index is 0.000000259. The molecule has 0 fully saturated rings. The number of benzene rings is 2. The van der Waals surface area contributed by atoms with Crippen LogP contribution in [-0.2, 0) is 0 Å². The molecule has 3 amide bonds. The number of aromatic nitrogens is 5. The number of carbonyl (C=O) groups is 3. The summed E-state index contributed by atoms with van der Waals surface area (Å²) < 4.78 is 10.8. The van der Waals surface area contributed by atoms with Crippen LogP contribution in [0.4, 0.5) is 22.7 Å². The van der Waals surface area contributed by atoms with Crippen molar-refractivity contribution in [3.63, 3.8) is 0 Å². The minimum atomic E-state index is -0.621. The van der Waals surface area contributed by atoms with E-state index in [0.717, 1.165) is 5.56 Å². The summed E-state index contributed by atoms with van der Waals surface area (Å²) in [4.78, 5) is 47.5. The van der Waals surface area contributed by atoms with Crippen molar-refractivity contribution >= 4 is 63.7 Å². The van der Waals surface area contributed by atoms with E-state index < -0.39 is 5.91 Å². The maximum absolute atomic E-state index is 12.1. The lowest BCUT2D eigenvalue weighted by Gasteiger charge is -2.16. The van der Waals surface area contributed by atoms with Crippen LogP contribution in [0, 0.1) is 0 Å². The van der Waals surface area contributed by atoms with E-state index in [-0.39, 0.29) is 33.4 Å². The summed E-state index contributed by atoms with van der Waals surface area (Å²) in [5.74, 6) is 0.161. The predicted molar refractivity (Wildman–Crippen MR) is 193 cm³/mol. The van der Waals surface area contributed by atoms with Crippen LogP contribution in [0.25, 0.3) is 11.4 Å². The van der Waals surface area contributed by atoms with Gasteiger partial charge >= 0.3 is 0 Å². The fraction of sp³-hybridized carbons (Fsp3) is 0.182. The SMILES string of the molecule is CC.CNC(=O)c1cnc(Cl)cc1Nc1cccc(-c2ncn[nH]2)c1OC.CNC(=O)c1cnc(Cl)cc1Nc1cccc(C(N)=O)c1OC. The number of aromatic amines is 1. The van der Waals surface area contributed by atoms with Crippen molar-refractivity contribution in [3.05, 3.63) is 94.2 Å². The van der Waals surface area contributed by atoms with Crippen LogP contribution in [0.3, 0.4) is 0 Å². The zero-order valence-electron chi connectivity index (χ0n) is 28.0. The van der Waals surface area contributed by atoms with Gasteiger partial charge < -0.3 is 36.5 Å². The summed E-state index contributed by atoms with van der Waals surface area (Å²) in [5.41, 5.74) is 8.98. The van der Waals surface area contributed by atoms with Crippen LogP contribution in [0.1, 0.15) is 44.9 Å². The number of carbonyl (C=O) groups excluding carboxylic acids is 3. The van der Waals surface area contributed by atoms with Crippen LogP contribution >= 0.6 is 23.2 Å². The predicted octanol–water partition coefficient (Wildman–Crippen LogP) is 5.60. The van der Waals surface area contributed by atoms with E-state index in [9.17, 15) is 14.4 Å². The third-order valence-corrected chi connectivity index (χ3v) is 7.01. The molecule has 17 heteroatoms. The summed E-state index contributed by atoms with van der Waals surface area (Å²) in [7, 11) is 6.03. The van der Waals surface area contributed by atoms with Gasteiger partial charge in [-0.1, -0.05) is 49.2 Å². The van der Waals surface area contributed by atoms with Crippen molar-refractivity contribution in [3.8, 4) is 22.9 Å². The molecule has 0 bridgehead atoms. The van der Waals surface area contributed by atoms with Gasteiger partial charge in [0, 0.05) is 26.5 Å². The molecule has 3 aromatic heterocycles. The summed E-state index contributed by atoms with van der Waals surface area (Å²) >= 11 is 11.9. The van der Waals surface area contributed by atoms with E-state index in [4.69, 9.17) is 38.4 Å². The molecule has 0 saturated carbocycles. The Morgan fingerprint density at radius 3 is 1.66 bits per heavy atom. The number of para-hydroxylation sites is 2. The highest BCUT2D eigenvalue weighted by Gasteiger charge is 2.18. The molecule has 15 nitrogen and oxygen atoms in total. The Kier molecular flexibility index (Phi) is 14.3. The number of hydrogen-bond donors (Lipinski definition) is 6. The Morgan fingerprint density at radius 1 is 0.720 bits per heavy atom. The molecule has 0 atom stereocenters. The minimum absolute atomic E-state index is 0.213. The lowest BCUT2D eigenvalue weighted by molar-refractivity contribution is 0.0955. The van der Waals surface area contributed by atoms with Crippen molar-refractivity contribution in [2.45, 2.75) is 13.8 Å². The second-order valence-corrected chi connectivity index (χ2v) is 10.3. The normalized spacial score (nSPS) is 9.92. The van der Waals surface area contributed by atoms with Crippen molar-refractivity contribution in [1.82, 2.24) is 35.8 Å². The van der Waals surface area contributed by atoms with Crippen molar-refractivity contribution in [2.75, 3.05) is 38.9 Å². The zero-order chi connectivity index (χ0) is 36.8. The van der Waals surface area contributed by atoms with Crippen LogP contribution in [0.5, 0.6) is 11.5 Å². The van der Waals surface area contributed by atoms with Crippen LogP contribution < -0.4 is 36.5 Å². The first kappa shape index (κ1) is 38.5. The van der Waals surface area contributed by atoms with E-state index in [1.54, 1.807) is 38.4 Å². The number of H-pyrrole nitrogens is 1. The summed E-state index contributed by atoms with van der Waals surface area (Å²) in [5, 5.41) is 18.4. The van der Waals surface area contributed by atoms with Crippen LogP contribution in [0.15, 0.2) is 67.3 Å². The monoisotopic (exact) mass is 722 g/mol. The largest absolute Gasteiger partial charge is 0.494 e. The van der Waals surface area contributed by atoms with Gasteiger partial charge in [-0.2, -0.15) is 5.10 Å². The maximum atomic E-state index is 12.1. The molecule has 0 saturated heterocycles. The van der Waals surface area contributed by atoms with Gasteiger partial charge in [-0.3, -0.25) is 19.5 Å². The van der Waals surface area contributed by atoms with Gasteiger partial charge in [-0.25, -0.2) is 15.0 Å². The highest BCUT2D eigenvalue weighted by molar-refractivity contribution is 6.30. The molecule has 0 aliphatic heterocycles. The first-order valence-corrected chi connectivity index (χ1v) is 15.7. The number of rotatable bonds is 10. The first-order chi connectivity index (χ1) is 24.1. The Labute approximate surface area is 298 Å². The number of amides is 3. The van der Waals surface area contributed by atoms with Gasteiger partial charge in [0.05, 0.1) is 59.2 Å². The van der Waals surface area contributed by atoms with E-state index in [1.165, 1.54) is 38.9 Å². The van der Waals surface area contributed by atoms with E-state index in [1.807, 2.05) is 32.0 Å². The van der Waals surface area contributed by atoms with Crippen molar-refractivity contribution in [1.29, 1.82) is 0 Å². The third kappa shape index (κ3) is 9.36. The smallest absolute Gasteiger partial charge is 0.254 e. The molecule has 7 N–H and O–H groups in total. The van der Waals surface area contributed by atoms with E-state index >= 15 is 0 Å². The van der Waals surface area contributed by atoms with Gasteiger partial charge in [0.15, 0.2) is 17.3 Å². The van der Waals surface area contributed by atoms with Crippen LogP contribution in [-0.4, -0.2) is 71.2 Å². The zero-order valence-corrected chi connectivity index (χ0v) is 29.5. The molecule has 5 aromatic rings. The molecule has 2 aromatic carbocycles. The van der Waals surface area contributed by atoms with Gasteiger partial charge in [0.2, 0.25) is 0 Å². The second-order valence-electron chi connectivity index (χ2n) is 9.48. The van der Waals surface area contributed by atoms with Gasteiger partial charge in [-0.15, -0.1) is 0 Å². The lowest BCUT2D eigenvalue weighted by atomic mass is 10.1. The molecule has 0 aliphatic carbocycles. The number of halogens is 2. The van der Waals surface area contributed by atoms with Gasteiger partial charge in [-0.05, 0) is 36.4 Å². The van der Waals surface area contributed by atoms with Crippen molar-refractivity contribution < 1.29 is 23.9 Å². The fourth-order valence-electron chi connectivity index (χ4n) is 4.41. The van der Waals surface area contributed by atoms with Gasteiger partial charge in [0.1, 0.15) is 16.6 Å². The molecule has 262 valence electrons. The van der Waals surface area contributed by atoms with E-state index in [2.05, 4.69) is 46.4 Å². The quantitative estimate of drug-likeness (QED) is 0.0976. The lowest BCUT2D eigenvalue weighted by Crippen LogP contribution is -2.19. The number of methoxy groups -OCH3 is 2. The van der Waals surface area contributed by atoms with Crippen molar-refractivity contribution in [2.24, 2.45) is 5.73 Å². The number of primary amides is 1. The molecule has 0 unspecified atom stereocenters. The minimum Gasteiger partial charge on any atom is -0.494 e. The molecule has 3 heterocycles. The molecule has 50 heavy (non-hydrogen) atoms. The number of nitrogens with two attached hydrogens (primary N) is 1. The average molecular weight is 724 g/mol. The number of ether oxygens (including phenoxy) is 2. The highest BCUT2D eigenvalue weighted by atomic mass is 35.5. The molecular formula is C33H36Cl2N10O5. The number of nitrogens with zero attached hydrogens (tertiary/aromatic N) is 4. The summed E-state index contributed by atoms with van der Waals surface area (Å²) in [6.07, 6.45) is 4.19. The summed E-state index contributed by atoms with van der Waals surface area (Å²) in [6.45, 7) is 4.00. The van der Waals surface area contributed by atoms with Gasteiger partial charge in [0.25, 0.3) is 17.7 Å². The molecule has 5 rings (SSSR count). The number of anilines is 4. The van der Waals surface area contributed by atoms with Crippen LogP contribution in [0.2, 0.25) is 10.3 Å². The Bertz CT molecular complexity index is 1940. The topological polar surface area (TPSA) is 211 Å². The highest BCUT2D eigenvalue weighted by Crippen LogP contribution is 2.37. The summed E-state index contributed by atoms with van der Waals surface area (Å²) in [6, 6.07) is 13.5. The maximum Gasteiger partial charge on any atom is 0.254 e. The Hall–Kier alpha value is -5.93. The van der Waals surface area contributed by atoms with E-state index in [0.29, 0.717) is 45.5 Å². The number of pyridine rings is 2. The number of nitrogens with one attached hydrogen (secondary N) is 5. The molecular weight excluding hydrogens is 687 g/mol. The first-order valence-electron chi connectivity index (χ1n) is 14.9. The fourth-order valence-corrected chi connectivity index (χ4v) is 4.73. The second kappa shape index (κ2) is 18.6. The molecule has 0 spiro atoms. The standard InChI is InChI=1S/C16H15ClN6O2.C15H15ClN4O3.C2H6/c1-18-16(24)10-7-19-13(17)6-12(10)22-11-5-3-4-9(14(11)25-2)15-20-8-21-23-15;1-18-15(22)9-7-19-12(16)6-11(9)20-10-5-3-4-8(14(17)21)13(10)23-2;1-2/h3-8H,1-2H3,(H,18,24)(H,19,22)(H,20,21,23);3-7H,1-2H3,(H2,17,21)(H,18,22)(H,19,20);1-2H3. The number of hydrogen-bond acceptors (Lipinski definition) is 11. The average Bonchev–Trinajstić information content (AvgIpc) is 3.67. The third-order valence-electron chi connectivity index (χ3n) is 6.60. The molecule has 0 aliphatic rings. The molecule has 0 radical (unpaired) electrons. The Morgan fingerprint density at radius 2 is 1.22 bits per heavy atom.